The Balaban J connectivity index is 1.65. The van der Waals surface area contributed by atoms with Crippen LogP contribution >= 0.6 is 15.9 Å². The Bertz CT molecular complexity index is 964. The number of aromatic nitrogens is 4. The number of pyridine rings is 1. The number of fused-ring (bicyclic) bond motifs is 1. The second-order valence-electron chi connectivity index (χ2n) is 6.10. The number of carbonyl (C=O) groups excluding carboxylic acids is 1. The third kappa shape index (κ3) is 3.58. The Morgan fingerprint density at radius 2 is 2.33 bits per heavy atom. The molecule has 3 aromatic rings. The lowest BCUT2D eigenvalue weighted by molar-refractivity contribution is 0.215. The topological polar surface area (TPSA) is 105 Å². The first-order valence-corrected chi connectivity index (χ1v) is 9.25. The lowest BCUT2D eigenvalue weighted by Gasteiger charge is -2.24. The molecule has 4 heterocycles. The molecule has 1 aliphatic rings. The van der Waals surface area contributed by atoms with Gasteiger partial charge < -0.3 is 14.7 Å². The van der Waals surface area contributed by atoms with Crippen molar-refractivity contribution in [1.29, 1.82) is 0 Å². The average Bonchev–Trinajstić information content (AvgIpc) is 3.29. The molecule has 9 nitrogen and oxygen atoms in total. The van der Waals surface area contributed by atoms with Gasteiger partial charge in [0.05, 0.1) is 29.5 Å². The number of amides is 1. The molecule has 1 atom stereocenters. The van der Waals surface area contributed by atoms with E-state index in [4.69, 9.17) is 4.74 Å². The Morgan fingerprint density at radius 3 is 3.11 bits per heavy atom. The van der Waals surface area contributed by atoms with Crippen molar-refractivity contribution in [3.8, 4) is 5.75 Å². The average molecular weight is 433 g/mol. The van der Waals surface area contributed by atoms with Gasteiger partial charge in [-0.1, -0.05) is 0 Å². The third-order valence-electron chi connectivity index (χ3n) is 4.37. The molecular formula is C17H17BrN6O3. The standard InChI is InChI=1S/C17H17BrN6O3/c18-13-9-20-24-15(22-17(26)27-12-4-1-5-19-8-12)7-14(21-16(13)24)23-6-2-3-11(23)10-25/h1,4-5,7-9,11,25H,2-3,6,10H2,(H,22,26)/t11-/m0/s1. The smallest absolute Gasteiger partial charge is 0.408 e. The predicted octanol–water partition coefficient (Wildman–Crippen LogP) is 2.46. The summed E-state index contributed by atoms with van der Waals surface area (Å²) >= 11 is 3.43. The zero-order chi connectivity index (χ0) is 18.8. The van der Waals surface area contributed by atoms with Crippen LogP contribution in [0.1, 0.15) is 12.8 Å². The molecule has 0 aliphatic carbocycles. The number of nitrogens with one attached hydrogen (secondary N) is 1. The van der Waals surface area contributed by atoms with Gasteiger partial charge in [0, 0.05) is 18.8 Å². The fourth-order valence-electron chi connectivity index (χ4n) is 3.13. The van der Waals surface area contributed by atoms with Crippen LogP contribution < -0.4 is 15.0 Å². The normalized spacial score (nSPS) is 16.7. The summed E-state index contributed by atoms with van der Waals surface area (Å²) in [6.45, 7) is 0.846. The predicted molar refractivity (Wildman–Crippen MR) is 102 cm³/mol. The molecule has 0 saturated carbocycles. The highest BCUT2D eigenvalue weighted by Crippen LogP contribution is 2.29. The number of hydrogen-bond acceptors (Lipinski definition) is 7. The molecule has 3 aromatic heterocycles. The van der Waals surface area contributed by atoms with Gasteiger partial charge in [-0.3, -0.25) is 10.3 Å². The molecule has 4 rings (SSSR count). The maximum atomic E-state index is 12.3. The van der Waals surface area contributed by atoms with Crippen molar-refractivity contribution in [2.45, 2.75) is 18.9 Å². The number of rotatable bonds is 4. The minimum Gasteiger partial charge on any atom is -0.408 e. The van der Waals surface area contributed by atoms with Crippen molar-refractivity contribution in [2.24, 2.45) is 0 Å². The second-order valence-corrected chi connectivity index (χ2v) is 6.96. The van der Waals surface area contributed by atoms with Gasteiger partial charge in [0.25, 0.3) is 0 Å². The van der Waals surface area contributed by atoms with Crippen LogP contribution in [0, 0.1) is 0 Å². The summed E-state index contributed by atoms with van der Waals surface area (Å²) in [6, 6.07) is 5.06. The Morgan fingerprint density at radius 1 is 1.44 bits per heavy atom. The lowest BCUT2D eigenvalue weighted by atomic mass is 10.2. The largest absolute Gasteiger partial charge is 0.418 e. The summed E-state index contributed by atoms with van der Waals surface area (Å²) < 4.78 is 7.46. The molecule has 0 radical (unpaired) electrons. The van der Waals surface area contributed by atoms with Crippen molar-refractivity contribution in [3.05, 3.63) is 41.3 Å². The lowest BCUT2D eigenvalue weighted by Crippen LogP contribution is -2.33. The van der Waals surface area contributed by atoms with E-state index in [-0.39, 0.29) is 12.6 Å². The van der Waals surface area contributed by atoms with E-state index in [0.717, 1.165) is 19.4 Å². The van der Waals surface area contributed by atoms with E-state index in [1.165, 1.54) is 10.7 Å². The zero-order valence-electron chi connectivity index (χ0n) is 14.2. The number of ether oxygens (including phenoxy) is 1. The fraction of sp³-hybridized carbons (Fsp3) is 0.294. The van der Waals surface area contributed by atoms with Crippen molar-refractivity contribution in [3.63, 3.8) is 0 Å². The number of nitrogens with zero attached hydrogens (tertiary/aromatic N) is 5. The number of aliphatic hydroxyl groups excluding tert-OH is 1. The molecule has 27 heavy (non-hydrogen) atoms. The maximum absolute atomic E-state index is 12.3. The molecule has 0 unspecified atom stereocenters. The van der Waals surface area contributed by atoms with E-state index in [2.05, 4.69) is 36.3 Å². The fourth-order valence-corrected chi connectivity index (χ4v) is 3.48. The van der Waals surface area contributed by atoms with E-state index in [0.29, 0.717) is 27.5 Å². The first kappa shape index (κ1) is 17.7. The van der Waals surface area contributed by atoms with Crippen LogP contribution in [0.4, 0.5) is 16.4 Å². The number of anilines is 2. The summed E-state index contributed by atoms with van der Waals surface area (Å²) in [6.07, 6.45) is 5.87. The highest BCUT2D eigenvalue weighted by atomic mass is 79.9. The molecule has 0 aromatic carbocycles. The van der Waals surface area contributed by atoms with Crippen LogP contribution in [0.3, 0.4) is 0 Å². The van der Waals surface area contributed by atoms with Crippen LogP contribution in [-0.2, 0) is 0 Å². The quantitative estimate of drug-likeness (QED) is 0.651. The first-order chi connectivity index (χ1) is 13.2. The highest BCUT2D eigenvalue weighted by Gasteiger charge is 2.26. The van der Waals surface area contributed by atoms with Gasteiger partial charge in [0.2, 0.25) is 0 Å². The minimum absolute atomic E-state index is 0.0110. The Labute approximate surface area is 163 Å². The first-order valence-electron chi connectivity index (χ1n) is 8.46. The van der Waals surface area contributed by atoms with Gasteiger partial charge >= 0.3 is 6.09 Å². The minimum atomic E-state index is -0.659. The number of aliphatic hydroxyl groups is 1. The van der Waals surface area contributed by atoms with Gasteiger partial charge in [-0.2, -0.15) is 9.61 Å². The molecule has 10 heteroatoms. The van der Waals surface area contributed by atoms with Gasteiger partial charge in [-0.25, -0.2) is 9.78 Å². The maximum Gasteiger partial charge on any atom is 0.418 e. The number of hydrogen-bond donors (Lipinski definition) is 2. The molecule has 0 bridgehead atoms. The van der Waals surface area contributed by atoms with E-state index in [9.17, 15) is 9.90 Å². The summed E-state index contributed by atoms with van der Waals surface area (Å²) in [7, 11) is 0. The third-order valence-corrected chi connectivity index (χ3v) is 4.93. The number of carbonyl (C=O) groups is 1. The molecule has 1 amide bonds. The highest BCUT2D eigenvalue weighted by molar-refractivity contribution is 9.10. The molecule has 2 N–H and O–H groups in total. The van der Waals surface area contributed by atoms with Crippen LogP contribution in [0.2, 0.25) is 0 Å². The molecule has 0 spiro atoms. The molecule has 1 saturated heterocycles. The Kier molecular flexibility index (Phi) is 4.90. The van der Waals surface area contributed by atoms with E-state index >= 15 is 0 Å². The van der Waals surface area contributed by atoms with Crippen molar-refractivity contribution < 1.29 is 14.6 Å². The van der Waals surface area contributed by atoms with Gasteiger partial charge in [-0.05, 0) is 40.9 Å². The molecular weight excluding hydrogens is 416 g/mol. The van der Waals surface area contributed by atoms with Crippen molar-refractivity contribution >= 4 is 39.3 Å². The molecule has 1 aliphatic heterocycles. The monoisotopic (exact) mass is 432 g/mol. The summed E-state index contributed by atoms with van der Waals surface area (Å²) in [4.78, 5) is 22.9. The SMILES string of the molecule is O=C(Nc1cc(N2CCC[C@H]2CO)nc2c(Br)cnn12)Oc1cccnc1. The van der Waals surface area contributed by atoms with Crippen molar-refractivity contribution in [2.75, 3.05) is 23.4 Å². The molecule has 1 fully saturated rings. The second kappa shape index (κ2) is 7.49. The van der Waals surface area contributed by atoms with Crippen LogP contribution in [-0.4, -0.2) is 50.0 Å². The van der Waals surface area contributed by atoms with Crippen LogP contribution in [0.5, 0.6) is 5.75 Å². The van der Waals surface area contributed by atoms with Crippen LogP contribution in [0.25, 0.3) is 5.65 Å². The van der Waals surface area contributed by atoms with Crippen molar-refractivity contribution in [1.82, 2.24) is 19.6 Å². The molecule has 140 valence electrons. The van der Waals surface area contributed by atoms with Gasteiger partial charge in [0.1, 0.15) is 11.6 Å². The van der Waals surface area contributed by atoms with E-state index < -0.39 is 6.09 Å². The summed E-state index contributed by atoms with van der Waals surface area (Å²) in [5.74, 6) is 1.41. The van der Waals surface area contributed by atoms with E-state index in [1.54, 1.807) is 30.6 Å². The van der Waals surface area contributed by atoms with E-state index in [1.807, 2.05) is 4.90 Å². The number of halogens is 1. The summed E-state index contributed by atoms with van der Waals surface area (Å²) in [5, 5.41) is 16.6. The summed E-state index contributed by atoms with van der Waals surface area (Å²) in [5.41, 5.74) is 0.563. The van der Waals surface area contributed by atoms with Gasteiger partial charge in [0.15, 0.2) is 11.4 Å². The zero-order valence-corrected chi connectivity index (χ0v) is 15.8. The van der Waals surface area contributed by atoms with Crippen LogP contribution in [0.15, 0.2) is 41.3 Å². The Hall–Kier alpha value is -2.72. The van der Waals surface area contributed by atoms with Gasteiger partial charge in [-0.15, -0.1) is 0 Å².